The fourth-order valence-corrected chi connectivity index (χ4v) is 2.30. The van der Waals surface area contributed by atoms with Crippen LogP contribution in [0.25, 0.3) is 5.70 Å². The van der Waals surface area contributed by atoms with Gasteiger partial charge in [0.1, 0.15) is 12.4 Å². The number of nitrogens with zero attached hydrogens (tertiary/aromatic N) is 1. The van der Waals surface area contributed by atoms with Crippen LogP contribution in [0.1, 0.15) is 5.56 Å². The van der Waals surface area contributed by atoms with Crippen molar-refractivity contribution in [1.29, 1.82) is 0 Å². The zero-order chi connectivity index (χ0) is 12.5. The normalized spacial score (nSPS) is 19.6. The number of rotatable bonds is 1. The Morgan fingerprint density at radius 1 is 1.33 bits per heavy atom. The van der Waals surface area contributed by atoms with Crippen LogP contribution in [-0.4, -0.2) is 42.2 Å². The van der Waals surface area contributed by atoms with E-state index < -0.39 is 0 Å². The van der Waals surface area contributed by atoms with Gasteiger partial charge in [0.2, 0.25) is 5.91 Å². The third-order valence-corrected chi connectivity index (χ3v) is 3.14. The van der Waals surface area contributed by atoms with Gasteiger partial charge in [0.05, 0.1) is 12.2 Å². The summed E-state index contributed by atoms with van der Waals surface area (Å²) in [6, 6.07) is 7.44. The molecule has 0 bridgehead atoms. The summed E-state index contributed by atoms with van der Waals surface area (Å²) in [6.45, 7) is 1.71. The Labute approximate surface area is 105 Å². The molecule has 0 radical (unpaired) electrons. The molecule has 2 N–H and O–H groups in total. The van der Waals surface area contributed by atoms with Crippen molar-refractivity contribution in [3.05, 3.63) is 35.6 Å². The van der Waals surface area contributed by atoms with E-state index in [1.807, 2.05) is 24.3 Å². The molecule has 2 aliphatic rings. The second-order valence-corrected chi connectivity index (χ2v) is 4.30. The van der Waals surface area contributed by atoms with Crippen molar-refractivity contribution in [3.8, 4) is 5.75 Å². The Morgan fingerprint density at radius 2 is 2.17 bits per heavy atom. The SMILES string of the molecule is O=C1CNCCN1C1=C(O)COc2ccccc21. The molecule has 1 amide bonds. The monoisotopic (exact) mass is 246 g/mol. The van der Waals surface area contributed by atoms with E-state index in [1.54, 1.807) is 4.90 Å². The lowest BCUT2D eigenvalue weighted by Crippen LogP contribution is -2.47. The van der Waals surface area contributed by atoms with Gasteiger partial charge in [0, 0.05) is 18.7 Å². The number of hydrogen-bond donors (Lipinski definition) is 2. The molecular formula is C13H14N2O3. The molecule has 0 aliphatic carbocycles. The van der Waals surface area contributed by atoms with Crippen LogP contribution in [-0.2, 0) is 4.79 Å². The summed E-state index contributed by atoms with van der Waals surface area (Å²) >= 11 is 0. The predicted octanol–water partition coefficient (Wildman–Crippen LogP) is 0.737. The number of carbonyl (C=O) groups excluding carboxylic acids is 1. The molecule has 0 unspecified atom stereocenters. The number of ether oxygens (including phenoxy) is 1. The number of para-hydroxylation sites is 1. The van der Waals surface area contributed by atoms with Crippen molar-refractivity contribution in [3.63, 3.8) is 0 Å². The van der Waals surface area contributed by atoms with Gasteiger partial charge >= 0.3 is 0 Å². The average Bonchev–Trinajstić information content (AvgIpc) is 2.40. The third kappa shape index (κ3) is 1.73. The maximum Gasteiger partial charge on any atom is 0.241 e. The highest BCUT2D eigenvalue weighted by molar-refractivity contribution is 5.90. The number of piperazine rings is 1. The zero-order valence-corrected chi connectivity index (χ0v) is 9.85. The number of aliphatic hydroxyl groups is 1. The molecule has 0 atom stereocenters. The van der Waals surface area contributed by atoms with E-state index in [0.29, 0.717) is 24.5 Å². The molecule has 1 fully saturated rings. The van der Waals surface area contributed by atoms with Gasteiger partial charge in [-0.2, -0.15) is 0 Å². The maximum absolute atomic E-state index is 11.9. The summed E-state index contributed by atoms with van der Waals surface area (Å²) in [6.07, 6.45) is 0. The molecule has 3 rings (SSSR count). The van der Waals surface area contributed by atoms with E-state index in [9.17, 15) is 9.90 Å². The number of aliphatic hydroxyl groups excluding tert-OH is 1. The Morgan fingerprint density at radius 3 is 3.00 bits per heavy atom. The molecule has 5 heteroatoms. The largest absolute Gasteiger partial charge is 0.507 e. The van der Waals surface area contributed by atoms with Gasteiger partial charge in [-0.1, -0.05) is 12.1 Å². The van der Waals surface area contributed by atoms with E-state index in [2.05, 4.69) is 5.32 Å². The van der Waals surface area contributed by atoms with Crippen molar-refractivity contribution in [2.24, 2.45) is 0 Å². The van der Waals surface area contributed by atoms with Crippen molar-refractivity contribution >= 4 is 11.6 Å². The molecule has 5 nitrogen and oxygen atoms in total. The number of amides is 1. The molecular weight excluding hydrogens is 232 g/mol. The van der Waals surface area contributed by atoms with Crippen LogP contribution in [0.2, 0.25) is 0 Å². The third-order valence-electron chi connectivity index (χ3n) is 3.14. The summed E-state index contributed by atoms with van der Waals surface area (Å²) in [5.41, 5.74) is 1.36. The van der Waals surface area contributed by atoms with Gasteiger partial charge < -0.3 is 20.1 Å². The number of carbonyl (C=O) groups is 1. The molecule has 1 aromatic carbocycles. The van der Waals surface area contributed by atoms with E-state index >= 15 is 0 Å². The fourth-order valence-electron chi connectivity index (χ4n) is 2.30. The van der Waals surface area contributed by atoms with Gasteiger partial charge in [0.25, 0.3) is 0 Å². The second kappa shape index (κ2) is 4.34. The van der Waals surface area contributed by atoms with Gasteiger partial charge in [0.15, 0.2) is 5.76 Å². The van der Waals surface area contributed by atoms with Crippen LogP contribution in [0.5, 0.6) is 5.75 Å². The summed E-state index contributed by atoms with van der Waals surface area (Å²) in [5.74, 6) is 0.792. The van der Waals surface area contributed by atoms with Gasteiger partial charge in [-0.05, 0) is 12.1 Å². The molecule has 1 saturated heterocycles. The average molecular weight is 246 g/mol. The van der Waals surface area contributed by atoms with Crippen LogP contribution in [0.4, 0.5) is 0 Å². The summed E-state index contributed by atoms with van der Waals surface area (Å²) in [7, 11) is 0. The van der Waals surface area contributed by atoms with Gasteiger partial charge in [-0.3, -0.25) is 4.79 Å². The van der Waals surface area contributed by atoms with Crippen LogP contribution >= 0.6 is 0 Å². The standard InChI is InChI=1S/C13H14N2O3/c16-10-8-18-11-4-2-1-3-9(11)13(10)15-6-5-14-7-12(15)17/h1-4,14,16H,5-8H2. The Bertz CT molecular complexity index is 525. The first-order valence-electron chi connectivity index (χ1n) is 5.93. The number of fused-ring (bicyclic) bond motifs is 1. The van der Waals surface area contributed by atoms with Crippen LogP contribution in [0, 0.1) is 0 Å². The number of hydrogen-bond acceptors (Lipinski definition) is 4. The minimum absolute atomic E-state index is 0.0282. The van der Waals surface area contributed by atoms with E-state index in [1.165, 1.54) is 0 Å². The Hall–Kier alpha value is -2.01. The van der Waals surface area contributed by atoms with Gasteiger partial charge in [-0.25, -0.2) is 0 Å². The smallest absolute Gasteiger partial charge is 0.241 e. The topological polar surface area (TPSA) is 61.8 Å². The number of nitrogens with one attached hydrogen (secondary N) is 1. The van der Waals surface area contributed by atoms with E-state index in [-0.39, 0.29) is 18.3 Å². The summed E-state index contributed by atoms with van der Waals surface area (Å²) in [5, 5.41) is 13.0. The first kappa shape index (κ1) is 11.1. The lowest BCUT2D eigenvalue weighted by molar-refractivity contribution is -0.128. The van der Waals surface area contributed by atoms with Crippen molar-refractivity contribution in [2.45, 2.75) is 0 Å². The first-order valence-corrected chi connectivity index (χ1v) is 5.93. The van der Waals surface area contributed by atoms with Gasteiger partial charge in [-0.15, -0.1) is 0 Å². The minimum Gasteiger partial charge on any atom is -0.507 e. The highest BCUT2D eigenvalue weighted by Crippen LogP contribution is 2.34. The number of benzene rings is 1. The summed E-state index contributed by atoms with van der Waals surface area (Å²) < 4.78 is 5.43. The quantitative estimate of drug-likeness (QED) is 0.767. The van der Waals surface area contributed by atoms with E-state index in [0.717, 1.165) is 12.1 Å². The minimum atomic E-state index is -0.0282. The predicted molar refractivity (Wildman–Crippen MR) is 66.1 cm³/mol. The van der Waals surface area contributed by atoms with Crippen LogP contribution < -0.4 is 10.1 Å². The summed E-state index contributed by atoms with van der Waals surface area (Å²) in [4.78, 5) is 13.6. The molecule has 0 aromatic heterocycles. The van der Waals surface area contributed by atoms with Crippen LogP contribution in [0.15, 0.2) is 30.0 Å². The molecule has 94 valence electrons. The highest BCUT2D eigenvalue weighted by Gasteiger charge is 2.29. The van der Waals surface area contributed by atoms with Crippen LogP contribution in [0.3, 0.4) is 0 Å². The molecule has 2 heterocycles. The fraction of sp³-hybridized carbons (Fsp3) is 0.308. The second-order valence-electron chi connectivity index (χ2n) is 4.30. The molecule has 18 heavy (non-hydrogen) atoms. The van der Waals surface area contributed by atoms with Crippen molar-refractivity contribution in [2.75, 3.05) is 26.2 Å². The maximum atomic E-state index is 11.9. The lowest BCUT2D eigenvalue weighted by atomic mass is 10.1. The lowest BCUT2D eigenvalue weighted by Gasteiger charge is -2.33. The zero-order valence-electron chi connectivity index (χ0n) is 9.85. The van der Waals surface area contributed by atoms with Crippen molar-refractivity contribution < 1.29 is 14.6 Å². The highest BCUT2D eigenvalue weighted by atomic mass is 16.5. The molecule has 2 aliphatic heterocycles. The van der Waals surface area contributed by atoms with E-state index in [4.69, 9.17) is 4.74 Å². The molecule has 0 spiro atoms. The van der Waals surface area contributed by atoms with Crippen molar-refractivity contribution in [1.82, 2.24) is 10.2 Å². The Kier molecular flexibility index (Phi) is 2.68. The Balaban J connectivity index is 2.06. The molecule has 0 saturated carbocycles. The molecule has 1 aromatic rings. The first-order chi connectivity index (χ1) is 8.77.